The predicted octanol–water partition coefficient (Wildman–Crippen LogP) is 3.96. The number of nitrogens with one attached hydrogen (secondary N) is 1. The molecule has 2 N–H and O–H groups in total. The zero-order chi connectivity index (χ0) is 14.4. The summed E-state index contributed by atoms with van der Waals surface area (Å²) in [7, 11) is 1.64. The van der Waals surface area contributed by atoms with E-state index in [1.165, 1.54) is 5.56 Å². The molecular formula is C17H22ClNO2. The molecule has 0 bridgehead atoms. The zero-order valence-electron chi connectivity index (χ0n) is 12.4. The van der Waals surface area contributed by atoms with Gasteiger partial charge in [0.25, 0.3) is 0 Å². The smallest absolute Gasteiger partial charge is 0.118 e. The SMILES string of the molecule is COc1ccc(C(O)CCNc2ccccc2C)cc1.Cl. The Hall–Kier alpha value is -1.71. The number of methoxy groups -OCH3 is 1. The third-order valence-corrected chi connectivity index (χ3v) is 3.38. The lowest BCUT2D eigenvalue weighted by molar-refractivity contribution is 0.171. The summed E-state index contributed by atoms with van der Waals surface area (Å²) in [5.41, 5.74) is 3.25. The summed E-state index contributed by atoms with van der Waals surface area (Å²) in [6, 6.07) is 15.7. The van der Waals surface area contributed by atoms with Crippen LogP contribution in [0, 0.1) is 6.92 Å². The average Bonchev–Trinajstić information content (AvgIpc) is 2.49. The second-order valence-electron chi connectivity index (χ2n) is 4.82. The molecule has 21 heavy (non-hydrogen) atoms. The maximum Gasteiger partial charge on any atom is 0.118 e. The van der Waals surface area contributed by atoms with Gasteiger partial charge in [0, 0.05) is 12.2 Å². The summed E-state index contributed by atoms with van der Waals surface area (Å²) in [6.07, 6.45) is 0.207. The molecule has 1 atom stereocenters. The first-order valence-corrected chi connectivity index (χ1v) is 6.82. The maximum atomic E-state index is 10.2. The summed E-state index contributed by atoms with van der Waals surface area (Å²) in [6.45, 7) is 2.81. The molecule has 0 aliphatic heterocycles. The summed E-state index contributed by atoms with van der Waals surface area (Å²) in [4.78, 5) is 0. The Morgan fingerprint density at radius 1 is 1.10 bits per heavy atom. The highest BCUT2D eigenvalue weighted by atomic mass is 35.5. The van der Waals surface area contributed by atoms with E-state index in [-0.39, 0.29) is 12.4 Å². The largest absolute Gasteiger partial charge is 0.497 e. The van der Waals surface area contributed by atoms with Crippen LogP contribution in [0.15, 0.2) is 48.5 Å². The second-order valence-corrected chi connectivity index (χ2v) is 4.82. The molecule has 0 radical (unpaired) electrons. The molecule has 0 saturated carbocycles. The van der Waals surface area contributed by atoms with Crippen LogP contribution >= 0.6 is 12.4 Å². The minimum atomic E-state index is -0.461. The van der Waals surface area contributed by atoms with Crippen molar-refractivity contribution in [2.45, 2.75) is 19.4 Å². The molecule has 0 aromatic heterocycles. The zero-order valence-corrected chi connectivity index (χ0v) is 13.2. The minimum Gasteiger partial charge on any atom is -0.497 e. The normalized spacial score (nSPS) is 11.4. The summed E-state index contributed by atoms with van der Waals surface area (Å²) >= 11 is 0. The van der Waals surface area contributed by atoms with E-state index in [0.29, 0.717) is 6.42 Å². The van der Waals surface area contributed by atoms with Crippen molar-refractivity contribution in [1.82, 2.24) is 0 Å². The molecular weight excluding hydrogens is 286 g/mol. The van der Waals surface area contributed by atoms with Crippen LogP contribution in [0.2, 0.25) is 0 Å². The van der Waals surface area contributed by atoms with Crippen molar-refractivity contribution in [1.29, 1.82) is 0 Å². The molecule has 0 aliphatic carbocycles. The van der Waals surface area contributed by atoms with Gasteiger partial charge in [-0.15, -0.1) is 12.4 Å². The van der Waals surface area contributed by atoms with Gasteiger partial charge in [-0.3, -0.25) is 0 Å². The van der Waals surface area contributed by atoms with Crippen molar-refractivity contribution in [3.63, 3.8) is 0 Å². The third kappa shape index (κ3) is 4.96. The van der Waals surface area contributed by atoms with E-state index >= 15 is 0 Å². The van der Waals surface area contributed by atoms with Gasteiger partial charge in [0.15, 0.2) is 0 Å². The second kappa shape index (κ2) is 8.55. The van der Waals surface area contributed by atoms with E-state index in [4.69, 9.17) is 4.74 Å². The predicted molar refractivity (Wildman–Crippen MR) is 89.5 cm³/mol. The van der Waals surface area contributed by atoms with Crippen LogP contribution in [0.3, 0.4) is 0 Å². The van der Waals surface area contributed by atoms with E-state index in [9.17, 15) is 5.11 Å². The highest BCUT2D eigenvalue weighted by Crippen LogP contribution is 2.20. The molecule has 2 aromatic carbocycles. The topological polar surface area (TPSA) is 41.5 Å². The quantitative estimate of drug-likeness (QED) is 0.848. The van der Waals surface area contributed by atoms with Crippen LogP contribution in [-0.2, 0) is 0 Å². The summed E-state index contributed by atoms with van der Waals surface area (Å²) < 4.78 is 5.11. The van der Waals surface area contributed by atoms with Gasteiger partial charge in [-0.1, -0.05) is 30.3 Å². The Bertz CT molecular complexity index is 543. The van der Waals surface area contributed by atoms with Crippen LogP contribution in [0.1, 0.15) is 23.7 Å². The van der Waals surface area contributed by atoms with Crippen LogP contribution < -0.4 is 10.1 Å². The number of aliphatic hydroxyl groups is 1. The molecule has 0 saturated heterocycles. The molecule has 0 spiro atoms. The highest BCUT2D eigenvalue weighted by Gasteiger charge is 2.07. The number of aryl methyl sites for hydroxylation is 1. The molecule has 2 aromatic rings. The molecule has 0 amide bonds. The standard InChI is InChI=1S/C17H21NO2.ClH/c1-13-5-3-4-6-16(13)18-12-11-17(19)14-7-9-15(20-2)10-8-14;/h3-10,17-19H,11-12H2,1-2H3;1H. The Morgan fingerprint density at radius 2 is 1.76 bits per heavy atom. The molecule has 2 rings (SSSR count). The number of para-hydroxylation sites is 1. The number of aliphatic hydroxyl groups excluding tert-OH is 1. The number of hydrogen-bond acceptors (Lipinski definition) is 3. The van der Waals surface area contributed by atoms with Crippen molar-refractivity contribution < 1.29 is 9.84 Å². The van der Waals surface area contributed by atoms with Gasteiger partial charge in [0.05, 0.1) is 13.2 Å². The van der Waals surface area contributed by atoms with Crippen molar-refractivity contribution in [3.05, 3.63) is 59.7 Å². The highest BCUT2D eigenvalue weighted by molar-refractivity contribution is 5.85. The monoisotopic (exact) mass is 307 g/mol. The van der Waals surface area contributed by atoms with Crippen LogP contribution in [0.4, 0.5) is 5.69 Å². The van der Waals surface area contributed by atoms with Gasteiger partial charge < -0.3 is 15.2 Å². The van der Waals surface area contributed by atoms with Gasteiger partial charge >= 0.3 is 0 Å². The molecule has 1 unspecified atom stereocenters. The number of rotatable bonds is 6. The van der Waals surface area contributed by atoms with Gasteiger partial charge in [0.1, 0.15) is 5.75 Å². The number of halogens is 1. The Labute approximate surface area is 132 Å². The molecule has 0 heterocycles. The third-order valence-electron chi connectivity index (χ3n) is 3.38. The van der Waals surface area contributed by atoms with E-state index in [2.05, 4.69) is 24.4 Å². The van der Waals surface area contributed by atoms with E-state index in [0.717, 1.165) is 23.5 Å². The van der Waals surface area contributed by atoms with Crippen LogP contribution in [-0.4, -0.2) is 18.8 Å². The minimum absolute atomic E-state index is 0. The average molecular weight is 308 g/mol. The van der Waals surface area contributed by atoms with Crippen LogP contribution in [0.25, 0.3) is 0 Å². The first kappa shape index (κ1) is 17.3. The van der Waals surface area contributed by atoms with Gasteiger partial charge in [-0.05, 0) is 42.7 Å². The van der Waals surface area contributed by atoms with Crippen LogP contribution in [0.5, 0.6) is 5.75 Å². The Balaban J connectivity index is 0.00000220. The molecule has 0 fully saturated rings. The van der Waals surface area contributed by atoms with E-state index < -0.39 is 6.10 Å². The summed E-state index contributed by atoms with van der Waals surface area (Å²) in [5.74, 6) is 0.805. The van der Waals surface area contributed by atoms with Crippen molar-refractivity contribution in [3.8, 4) is 5.75 Å². The summed E-state index contributed by atoms with van der Waals surface area (Å²) in [5, 5.41) is 13.5. The lowest BCUT2D eigenvalue weighted by Gasteiger charge is -2.14. The van der Waals surface area contributed by atoms with Crippen molar-refractivity contribution in [2.24, 2.45) is 0 Å². The molecule has 114 valence electrons. The van der Waals surface area contributed by atoms with Crippen molar-refractivity contribution in [2.75, 3.05) is 19.0 Å². The van der Waals surface area contributed by atoms with E-state index in [1.54, 1.807) is 7.11 Å². The fourth-order valence-electron chi connectivity index (χ4n) is 2.11. The van der Waals surface area contributed by atoms with Gasteiger partial charge in [-0.2, -0.15) is 0 Å². The fraction of sp³-hybridized carbons (Fsp3) is 0.294. The number of hydrogen-bond donors (Lipinski definition) is 2. The van der Waals surface area contributed by atoms with Gasteiger partial charge in [0.2, 0.25) is 0 Å². The lowest BCUT2D eigenvalue weighted by Crippen LogP contribution is -2.08. The molecule has 0 aliphatic rings. The van der Waals surface area contributed by atoms with Crippen molar-refractivity contribution >= 4 is 18.1 Å². The number of anilines is 1. The Morgan fingerprint density at radius 3 is 2.38 bits per heavy atom. The first-order valence-electron chi connectivity index (χ1n) is 6.82. The Kier molecular flexibility index (Phi) is 7.06. The van der Waals surface area contributed by atoms with E-state index in [1.807, 2.05) is 36.4 Å². The fourth-order valence-corrected chi connectivity index (χ4v) is 2.11. The molecule has 3 nitrogen and oxygen atoms in total. The first-order chi connectivity index (χ1) is 9.70. The number of benzene rings is 2. The maximum absolute atomic E-state index is 10.2. The molecule has 4 heteroatoms. The lowest BCUT2D eigenvalue weighted by atomic mass is 10.1. The number of ether oxygens (including phenoxy) is 1. The van der Waals surface area contributed by atoms with Gasteiger partial charge in [-0.25, -0.2) is 0 Å².